The number of anilines is 2. The van der Waals surface area contributed by atoms with Gasteiger partial charge in [0.15, 0.2) is 0 Å². The molecule has 0 bridgehead atoms. The van der Waals surface area contributed by atoms with E-state index < -0.39 is 0 Å². The quantitative estimate of drug-likeness (QED) is 0.687. The number of nitrogens with zero attached hydrogens (tertiary/aromatic N) is 6. The van der Waals surface area contributed by atoms with E-state index in [0.717, 1.165) is 57.3 Å². The van der Waals surface area contributed by atoms with Gasteiger partial charge in [-0.05, 0) is 44.8 Å². The van der Waals surface area contributed by atoms with Crippen LogP contribution in [0.15, 0.2) is 29.5 Å². The third kappa shape index (κ3) is 3.44. The molecular formula is C21H24N8O. The fraction of sp³-hybridized carbons (Fsp3) is 0.476. The van der Waals surface area contributed by atoms with Crippen molar-refractivity contribution in [2.24, 2.45) is 0 Å². The highest BCUT2D eigenvalue weighted by Gasteiger charge is 2.23. The first-order valence-corrected chi connectivity index (χ1v) is 10.6. The Labute approximate surface area is 173 Å². The summed E-state index contributed by atoms with van der Waals surface area (Å²) in [5, 5.41) is 21.2. The fourth-order valence-electron chi connectivity index (χ4n) is 4.56. The van der Waals surface area contributed by atoms with Crippen molar-refractivity contribution in [2.45, 2.75) is 50.6 Å². The van der Waals surface area contributed by atoms with Gasteiger partial charge >= 0.3 is 0 Å². The van der Waals surface area contributed by atoms with Crippen LogP contribution >= 0.6 is 0 Å². The minimum atomic E-state index is -0.264. The van der Waals surface area contributed by atoms with Crippen LogP contribution in [0.1, 0.15) is 56.2 Å². The average Bonchev–Trinajstić information content (AvgIpc) is 3.46. The second-order valence-electron chi connectivity index (χ2n) is 8.07. The molecule has 2 fully saturated rings. The first-order valence-electron chi connectivity index (χ1n) is 10.6. The van der Waals surface area contributed by atoms with E-state index in [9.17, 15) is 10.1 Å². The van der Waals surface area contributed by atoms with Gasteiger partial charge in [-0.25, -0.2) is 4.98 Å². The number of aromatic nitrogens is 5. The van der Waals surface area contributed by atoms with E-state index in [2.05, 4.69) is 25.7 Å². The molecule has 30 heavy (non-hydrogen) atoms. The topological polar surface area (TPSA) is 113 Å². The van der Waals surface area contributed by atoms with Crippen LogP contribution in [0.4, 0.5) is 11.6 Å². The monoisotopic (exact) mass is 404 g/mol. The van der Waals surface area contributed by atoms with E-state index in [1.54, 1.807) is 23.0 Å². The number of nitrogens with one attached hydrogen (secondary N) is 2. The lowest BCUT2D eigenvalue weighted by molar-refractivity contribution is 0.343. The molecule has 5 rings (SSSR count). The summed E-state index contributed by atoms with van der Waals surface area (Å²) in [6, 6.07) is 4.09. The molecule has 1 aliphatic heterocycles. The van der Waals surface area contributed by atoms with E-state index in [4.69, 9.17) is 0 Å². The zero-order valence-corrected chi connectivity index (χ0v) is 16.7. The molecule has 0 unspecified atom stereocenters. The Morgan fingerprint density at radius 3 is 2.70 bits per heavy atom. The maximum absolute atomic E-state index is 12.9. The number of fused-ring (bicyclic) bond motifs is 1. The van der Waals surface area contributed by atoms with Gasteiger partial charge in [0.2, 0.25) is 5.95 Å². The molecule has 3 aromatic rings. The zero-order valence-electron chi connectivity index (χ0n) is 16.7. The lowest BCUT2D eigenvalue weighted by atomic mass is 10.1. The van der Waals surface area contributed by atoms with Crippen molar-refractivity contribution in [1.82, 2.24) is 29.6 Å². The molecular weight excluding hydrogens is 380 g/mol. The summed E-state index contributed by atoms with van der Waals surface area (Å²) >= 11 is 0. The van der Waals surface area contributed by atoms with Crippen molar-refractivity contribution in [3.05, 3.63) is 40.6 Å². The molecule has 0 radical (unpaired) electrons. The molecule has 9 nitrogen and oxygen atoms in total. The summed E-state index contributed by atoms with van der Waals surface area (Å²) in [7, 11) is 0. The Balaban J connectivity index is 1.49. The lowest BCUT2D eigenvalue weighted by Crippen LogP contribution is -2.29. The van der Waals surface area contributed by atoms with Crippen molar-refractivity contribution < 1.29 is 0 Å². The van der Waals surface area contributed by atoms with Crippen LogP contribution in [0.2, 0.25) is 0 Å². The van der Waals surface area contributed by atoms with Crippen LogP contribution in [0.25, 0.3) is 11.0 Å². The number of pyridine rings is 1. The van der Waals surface area contributed by atoms with Gasteiger partial charge in [-0.15, -0.1) is 0 Å². The van der Waals surface area contributed by atoms with Gasteiger partial charge in [-0.1, -0.05) is 12.8 Å². The average molecular weight is 404 g/mol. The van der Waals surface area contributed by atoms with Crippen LogP contribution in [-0.2, 0) is 0 Å². The van der Waals surface area contributed by atoms with E-state index in [1.807, 2.05) is 16.9 Å². The highest BCUT2D eigenvalue weighted by Crippen LogP contribution is 2.31. The minimum absolute atomic E-state index is 0.0821. The molecule has 9 heteroatoms. The number of nitriles is 1. The Morgan fingerprint density at radius 2 is 1.93 bits per heavy atom. The van der Waals surface area contributed by atoms with Crippen molar-refractivity contribution in [3.8, 4) is 6.07 Å². The second-order valence-corrected chi connectivity index (χ2v) is 8.07. The number of hydrogen-bond donors (Lipinski definition) is 2. The maximum Gasteiger partial charge on any atom is 0.270 e. The second kappa shape index (κ2) is 7.88. The SMILES string of the molecule is N#Cc1cc2cnc(Nc3cnn(C4CCNCC4)c3)nc2n(C2CCCC2)c1=O. The third-order valence-electron chi connectivity index (χ3n) is 6.12. The zero-order chi connectivity index (χ0) is 20.5. The number of hydrogen-bond acceptors (Lipinski definition) is 7. The summed E-state index contributed by atoms with van der Waals surface area (Å²) in [6.07, 6.45) is 11.6. The minimum Gasteiger partial charge on any atom is -0.321 e. The van der Waals surface area contributed by atoms with Gasteiger partial charge in [-0.2, -0.15) is 15.3 Å². The summed E-state index contributed by atoms with van der Waals surface area (Å²) < 4.78 is 3.70. The molecule has 2 aliphatic rings. The van der Waals surface area contributed by atoms with Crippen LogP contribution in [-0.4, -0.2) is 37.4 Å². The van der Waals surface area contributed by atoms with Gasteiger partial charge in [-0.3, -0.25) is 14.0 Å². The predicted octanol–water partition coefficient (Wildman–Crippen LogP) is 2.64. The van der Waals surface area contributed by atoms with Crippen molar-refractivity contribution in [2.75, 3.05) is 18.4 Å². The fourth-order valence-corrected chi connectivity index (χ4v) is 4.56. The van der Waals surface area contributed by atoms with Crippen molar-refractivity contribution in [1.29, 1.82) is 5.26 Å². The van der Waals surface area contributed by atoms with Gasteiger partial charge in [0.05, 0.1) is 17.9 Å². The van der Waals surface area contributed by atoms with Crippen molar-refractivity contribution >= 4 is 22.7 Å². The van der Waals surface area contributed by atoms with E-state index in [0.29, 0.717) is 23.0 Å². The summed E-state index contributed by atoms with van der Waals surface area (Å²) in [5.74, 6) is 0.420. The predicted molar refractivity (Wildman–Crippen MR) is 113 cm³/mol. The van der Waals surface area contributed by atoms with E-state index >= 15 is 0 Å². The largest absolute Gasteiger partial charge is 0.321 e. The molecule has 2 N–H and O–H groups in total. The normalized spacial score (nSPS) is 18.0. The summed E-state index contributed by atoms with van der Waals surface area (Å²) in [6.45, 7) is 2.01. The molecule has 0 aromatic carbocycles. The lowest BCUT2D eigenvalue weighted by Gasteiger charge is -2.22. The Kier molecular flexibility index (Phi) is 4.93. The van der Waals surface area contributed by atoms with Gasteiger partial charge < -0.3 is 10.6 Å². The van der Waals surface area contributed by atoms with Crippen LogP contribution in [0.3, 0.4) is 0 Å². The Morgan fingerprint density at radius 1 is 1.13 bits per heavy atom. The first-order chi connectivity index (χ1) is 14.7. The summed E-state index contributed by atoms with van der Waals surface area (Å²) in [4.78, 5) is 22.0. The summed E-state index contributed by atoms with van der Waals surface area (Å²) in [5.41, 5.74) is 1.27. The molecule has 4 heterocycles. The van der Waals surface area contributed by atoms with Gasteiger partial charge in [0, 0.05) is 23.8 Å². The van der Waals surface area contributed by atoms with Crippen LogP contribution in [0.5, 0.6) is 0 Å². The molecule has 1 aliphatic carbocycles. The van der Waals surface area contributed by atoms with Gasteiger partial charge in [0.1, 0.15) is 17.3 Å². The molecule has 0 atom stereocenters. The number of rotatable bonds is 4. The standard InChI is InChI=1S/C21H24N8O/c22-10-14-9-15-11-24-21(27-19(15)29(20(14)30)18-3-1-2-4-18)26-16-12-25-28(13-16)17-5-7-23-8-6-17/h9,11-13,17-18,23H,1-8H2,(H,24,26,27). The Hall–Kier alpha value is -3.25. The van der Waals surface area contributed by atoms with Crippen molar-refractivity contribution in [3.63, 3.8) is 0 Å². The highest BCUT2D eigenvalue weighted by molar-refractivity contribution is 5.77. The molecule has 1 saturated heterocycles. The Bertz CT molecular complexity index is 1160. The first kappa shape index (κ1) is 18.8. The van der Waals surface area contributed by atoms with E-state index in [1.165, 1.54) is 0 Å². The maximum atomic E-state index is 12.9. The highest BCUT2D eigenvalue weighted by atomic mass is 16.1. The molecule has 154 valence electrons. The third-order valence-corrected chi connectivity index (χ3v) is 6.12. The van der Waals surface area contributed by atoms with Crippen LogP contribution in [0, 0.1) is 11.3 Å². The van der Waals surface area contributed by atoms with Gasteiger partial charge in [0.25, 0.3) is 5.56 Å². The van der Waals surface area contributed by atoms with E-state index in [-0.39, 0.29) is 17.2 Å². The molecule has 0 amide bonds. The number of piperidine rings is 1. The van der Waals surface area contributed by atoms with Crippen LogP contribution < -0.4 is 16.2 Å². The molecule has 1 saturated carbocycles. The smallest absolute Gasteiger partial charge is 0.270 e. The molecule has 0 spiro atoms. The molecule has 3 aromatic heterocycles.